The van der Waals surface area contributed by atoms with Gasteiger partial charge in [-0.3, -0.25) is 0 Å². The highest BCUT2D eigenvalue weighted by Crippen LogP contribution is 2.47. The highest BCUT2D eigenvalue weighted by Gasteiger charge is 2.35. The van der Waals surface area contributed by atoms with E-state index in [0.717, 1.165) is 31.2 Å². The molecule has 0 bridgehead atoms. The SMILES string of the molecule is Cc1cccc2c1C(C1CNCCO1)c1ccccc1O2. The minimum Gasteiger partial charge on any atom is -0.457 e. The lowest BCUT2D eigenvalue weighted by Gasteiger charge is -2.36. The predicted molar refractivity (Wildman–Crippen MR) is 82.1 cm³/mol. The van der Waals surface area contributed by atoms with Gasteiger partial charge >= 0.3 is 0 Å². The standard InChI is InChI=1S/C18H19NO2/c1-12-5-4-8-15-17(12)18(16-11-19-9-10-20-16)13-6-2-3-7-14(13)21-15/h2-8,16,18-19H,9-11H2,1H3. The third-order valence-corrected chi connectivity index (χ3v) is 4.40. The summed E-state index contributed by atoms with van der Waals surface area (Å²) in [4.78, 5) is 0. The largest absolute Gasteiger partial charge is 0.457 e. The Hall–Kier alpha value is -1.84. The first-order valence-electron chi connectivity index (χ1n) is 7.53. The summed E-state index contributed by atoms with van der Waals surface area (Å²) < 4.78 is 12.2. The molecule has 108 valence electrons. The number of fused-ring (bicyclic) bond motifs is 2. The van der Waals surface area contributed by atoms with E-state index in [1.807, 2.05) is 12.1 Å². The number of ether oxygens (including phenoxy) is 2. The van der Waals surface area contributed by atoms with E-state index in [4.69, 9.17) is 9.47 Å². The quantitative estimate of drug-likeness (QED) is 0.870. The molecule has 1 fully saturated rings. The van der Waals surface area contributed by atoms with E-state index >= 15 is 0 Å². The molecule has 3 heteroatoms. The first kappa shape index (κ1) is 12.9. The molecular weight excluding hydrogens is 262 g/mol. The summed E-state index contributed by atoms with van der Waals surface area (Å²) in [6.45, 7) is 4.74. The van der Waals surface area contributed by atoms with E-state index in [1.165, 1.54) is 16.7 Å². The van der Waals surface area contributed by atoms with Crippen molar-refractivity contribution in [3.05, 3.63) is 59.2 Å². The molecule has 2 heterocycles. The molecule has 0 aliphatic carbocycles. The van der Waals surface area contributed by atoms with Crippen LogP contribution in [-0.4, -0.2) is 25.8 Å². The van der Waals surface area contributed by atoms with Crippen molar-refractivity contribution in [2.75, 3.05) is 19.7 Å². The van der Waals surface area contributed by atoms with Crippen molar-refractivity contribution < 1.29 is 9.47 Å². The van der Waals surface area contributed by atoms with E-state index in [1.54, 1.807) is 0 Å². The Kier molecular flexibility index (Phi) is 3.17. The van der Waals surface area contributed by atoms with Crippen LogP contribution in [0, 0.1) is 6.92 Å². The van der Waals surface area contributed by atoms with E-state index in [2.05, 4.69) is 42.6 Å². The Balaban J connectivity index is 1.87. The van der Waals surface area contributed by atoms with Gasteiger partial charge in [-0.05, 0) is 24.6 Å². The van der Waals surface area contributed by atoms with Crippen LogP contribution in [-0.2, 0) is 4.74 Å². The van der Waals surface area contributed by atoms with Crippen LogP contribution in [0.15, 0.2) is 42.5 Å². The predicted octanol–water partition coefficient (Wildman–Crippen LogP) is 3.22. The van der Waals surface area contributed by atoms with Crippen LogP contribution in [0.5, 0.6) is 11.5 Å². The number of para-hydroxylation sites is 1. The Bertz CT molecular complexity index is 662. The molecule has 3 nitrogen and oxygen atoms in total. The Morgan fingerprint density at radius 2 is 1.90 bits per heavy atom. The summed E-state index contributed by atoms with van der Waals surface area (Å²) >= 11 is 0. The van der Waals surface area contributed by atoms with E-state index in [-0.39, 0.29) is 12.0 Å². The average molecular weight is 281 g/mol. The number of rotatable bonds is 1. The van der Waals surface area contributed by atoms with Gasteiger partial charge in [0, 0.05) is 30.1 Å². The smallest absolute Gasteiger partial charge is 0.131 e. The molecule has 2 aliphatic rings. The van der Waals surface area contributed by atoms with E-state index < -0.39 is 0 Å². The minimum absolute atomic E-state index is 0.156. The van der Waals surface area contributed by atoms with Crippen molar-refractivity contribution in [3.63, 3.8) is 0 Å². The van der Waals surface area contributed by atoms with Crippen LogP contribution in [0.1, 0.15) is 22.6 Å². The molecule has 4 rings (SSSR count). The normalized spacial score (nSPS) is 23.9. The zero-order valence-electron chi connectivity index (χ0n) is 12.1. The van der Waals surface area contributed by atoms with Gasteiger partial charge in [0.05, 0.1) is 12.7 Å². The van der Waals surface area contributed by atoms with Crippen LogP contribution < -0.4 is 10.1 Å². The van der Waals surface area contributed by atoms with Crippen molar-refractivity contribution in [3.8, 4) is 11.5 Å². The second-order valence-electron chi connectivity index (χ2n) is 5.72. The Labute approximate surface area is 124 Å². The number of nitrogens with one attached hydrogen (secondary N) is 1. The molecule has 0 radical (unpaired) electrons. The number of morpholine rings is 1. The van der Waals surface area contributed by atoms with Crippen LogP contribution in [0.4, 0.5) is 0 Å². The molecule has 0 amide bonds. The summed E-state index contributed by atoms with van der Waals surface area (Å²) in [5, 5.41) is 3.45. The third-order valence-electron chi connectivity index (χ3n) is 4.40. The van der Waals surface area contributed by atoms with Gasteiger partial charge in [0.15, 0.2) is 0 Å². The lowest BCUT2D eigenvalue weighted by atomic mass is 9.81. The first-order chi connectivity index (χ1) is 10.3. The van der Waals surface area contributed by atoms with Gasteiger partial charge < -0.3 is 14.8 Å². The fourth-order valence-electron chi connectivity index (χ4n) is 3.43. The Morgan fingerprint density at radius 1 is 1.05 bits per heavy atom. The first-order valence-corrected chi connectivity index (χ1v) is 7.53. The van der Waals surface area contributed by atoms with Crippen molar-refractivity contribution >= 4 is 0 Å². The monoisotopic (exact) mass is 281 g/mol. The maximum absolute atomic E-state index is 6.10. The maximum Gasteiger partial charge on any atom is 0.131 e. The molecule has 1 saturated heterocycles. The van der Waals surface area contributed by atoms with Gasteiger partial charge in [0.2, 0.25) is 0 Å². The lowest BCUT2D eigenvalue weighted by Crippen LogP contribution is -2.42. The zero-order valence-corrected chi connectivity index (χ0v) is 12.1. The molecule has 2 aromatic rings. The van der Waals surface area contributed by atoms with Gasteiger partial charge in [-0.1, -0.05) is 30.3 Å². The van der Waals surface area contributed by atoms with Crippen LogP contribution >= 0.6 is 0 Å². The summed E-state index contributed by atoms with van der Waals surface area (Å²) in [5.41, 5.74) is 3.76. The van der Waals surface area contributed by atoms with Gasteiger partial charge in [0.1, 0.15) is 11.5 Å². The summed E-state index contributed by atoms with van der Waals surface area (Å²) in [7, 11) is 0. The van der Waals surface area contributed by atoms with E-state index in [0.29, 0.717) is 0 Å². The van der Waals surface area contributed by atoms with Gasteiger partial charge in [0.25, 0.3) is 0 Å². The summed E-state index contributed by atoms with van der Waals surface area (Å²) in [6.07, 6.45) is 0.156. The molecule has 0 saturated carbocycles. The van der Waals surface area contributed by atoms with Crippen molar-refractivity contribution in [1.82, 2.24) is 5.32 Å². The topological polar surface area (TPSA) is 30.5 Å². The van der Waals surface area contributed by atoms with Gasteiger partial charge in [-0.15, -0.1) is 0 Å². The fourth-order valence-corrected chi connectivity index (χ4v) is 3.43. The number of hydrogen-bond acceptors (Lipinski definition) is 3. The van der Waals surface area contributed by atoms with Crippen molar-refractivity contribution in [1.29, 1.82) is 0 Å². The van der Waals surface area contributed by atoms with Gasteiger partial charge in [-0.25, -0.2) is 0 Å². The fraction of sp³-hybridized carbons (Fsp3) is 0.333. The molecule has 2 aliphatic heterocycles. The van der Waals surface area contributed by atoms with Crippen molar-refractivity contribution in [2.24, 2.45) is 0 Å². The van der Waals surface area contributed by atoms with Crippen LogP contribution in [0.25, 0.3) is 0 Å². The summed E-state index contributed by atoms with van der Waals surface area (Å²) in [6, 6.07) is 14.6. The van der Waals surface area contributed by atoms with Crippen LogP contribution in [0.2, 0.25) is 0 Å². The van der Waals surface area contributed by atoms with E-state index in [9.17, 15) is 0 Å². The van der Waals surface area contributed by atoms with Gasteiger partial charge in [-0.2, -0.15) is 0 Å². The highest BCUT2D eigenvalue weighted by atomic mass is 16.5. The average Bonchev–Trinajstić information content (AvgIpc) is 2.54. The second kappa shape index (κ2) is 5.17. The number of benzene rings is 2. The van der Waals surface area contributed by atoms with Crippen LogP contribution in [0.3, 0.4) is 0 Å². The molecular formula is C18H19NO2. The minimum atomic E-state index is 0.156. The second-order valence-corrected chi connectivity index (χ2v) is 5.72. The molecule has 1 N–H and O–H groups in total. The third kappa shape index (κ3) is 2.13. The molecule has 2 unspecified atom stereocenters. The zero-order chi connectivity index (χ0) is 14.2. The lowest BCUT2D eigenvalue weighted by molar-refractivity contribution is 0.0170. The summed E-state index contributed by atoms with van der Waals surface area (Å²) in [5.74, 6) is 2.15. The van der Waals surface area contributed by atoms with Crippen molar-refractivity contribution in [2.45, 2.75) is 18.9 Å². The molecule has 2 atom stereocenters. The highest BCUT2D eigenvalue weighted by molar-refractivity contribution is 5.56. The number of aryl methyl sites for hydroxylation is 1. The molecule has 0 aromatic heterocycles. The molecule has 21 heavy (non-hydrogen) atoms. The molecule has 2 aromatic carbocycles. The number of hydrogen-bond donors (Lipinski definition) is 1. The Morgan fingerprint density at radius 3 is 2.76 bits per heavy atom. The molecule has 0 spiro atoms. The maximum atomic E-state index is 6.10.